The van der Waals surface area contributed by atoms with Gasteiger partial charge in [-0.05, 0) is 110 Å². The maximum Gasteiger partial charge on any atom is 0.407 e. The summed E-state index contributed by atoms with van der Waals surface area (Å²) in [5, 5.41) is 3.09. The molecular weight excluding hydrogens is 431 g/mol. The van der Waals surface area contributed by atoms with Crippen molar-refractivity contribution >= 4 is 6.09 Å². The van der Waals surface area contributed by atoms with Crippen molar-refractivity contribution < 1.29 is 18.7 Å². The first-order valence-electron chi connectivity index (χ1n) is 12.3. The average Bonchev–Trinajstić information content (AvgIpc) is 3.02. The van der Waals surface area contributed by atoms with Crippen molar-refractivity contribution in [2.24, 2.45) is 11.3 Å². The number of benzene rings is 2. The van der Waals surface area contributed by atoms with E-state index in [2.05, 4.69) is 24.1 Å². The van der Waals surface area contributed by atoms with Crippen LogP contribution in [0.25, 0.3) is 11.1 Å². The molecular formula is C28H35FN2O3. The second-order valence-electron chi connectivity index (χ2n) is 11.0. The maximum absolute atomic E-state index is 15.4. The van der Waals surface area contributed by atoms with E-state index in [9.17, 15) is 4.79 Å². The van der Waals surface area contributed by atoms with Crippen LogP contribution in [0.1, 0.15) is 55.0 Å². The van der Waals surface area contributed by atoms with Gasteiger partial charge in [-0.1, -0.05) is 13.8 Å². The number of ether oxygens (including phenoxy) is 2. The highest BCUT2D eigenvalue weighted by Gasteiger charge is 2.42. The van der Waals surface area contributed by atoms with E-state index in [0.29, 0.717) is 11.5 Å². The summed E-state index contributed by atoms with van der Waals surface area (Å²) in [6.07, 6.45) is 2.50. The summed E-state index contributed by atoms with van der Waals surface area (Å²) in [5.41, 5.74) is 5.05. The molecule has 34 heavy (non-hydrogen) atoms. The number of hydrogen-bond acceptors (Lipinski definition) is 4. The molecule has 1 amide bonds. The fourth-order valence-electron chi connectivity index (χ4n) is 6.32. The van der Waals surface area contributed by atoms with Gasteiger partial charge in [-0.25, -0.2) is 9.18 Å². The number of amides is 1. The SMILES string of the molecule is COc1c(C)cc(-c2cc3c(cc2F)[C@H](NC(=O)O[C@@H]2CN4CCC2CC4)C(C)(C)C3)cc1C. The number of nitrogens with zero attached hydrogens (tertiary/aromatic N) is 1. The zero-order valence-corrected chi connectivity index (χ0v) is 20.8. The Balaban J connectivity index is 1.39. The zero-order chi connectivity index (χ0) is 24.2. The van der Waals surface area contributed by atoms with Gasteiger partial charge in [0.05, 0.1) is 13.2 Å². The van der Waals surface area contributed by atoms with E-state index in [1.165, 1.54) is 0 Å². The molecule has 1 aliphatic carbocycles. The lowest BCUT2D eigenvalue weighted by atomic mass is 9.85. The third-order valence-electron chi connectivity index (χ3n) is 8.06. The van der Waals surface area contributed by atoms with Gasteiger partial charge in [0.2, 0.25) is 0 Å². The van der Waals surface area contributed by atoms with Gasteiger partial charge in [0.25, 0.3) is 0 Å². The molecule has 2 atom stereocenters. The monoisotopic (exact) mass is 466 g/mol. The van der Waals surface area contributed by atoms with Gasteiger partial charge in [0.15, 0.2) is 0 Å². The van der Waals surface area contributed by atoms with Crippen LogP contribution in [0.5, 0.6) is 5.75 Å². The number of methoxy groups -OCH3 is 1. The lowest BCUT2D eigenvalue weighted by molar-refractivity contribution is -0.0349. The minimum Gasteiger partial charge on any atom is -0.496 e. The van der Waals surface area contributed by atoms with Gasteiger partial charge in [-0.3, -0.25) is 4.90 Å². The predicted octanol–water partition coefficient (Wildman–Crippen LogP) is 5.56. The van der Waals surface area contributed by atoms with Crippen molar-refractivity contribution in [3.8, 4) is 16.9 Å². The lowest BCUT2D eigenvalue weighted by Crippen LogP contribution is -2.53. The van der Waals surface area contributed by atoms with Crippen molar-refractivity contribution in [3.63, 3.8) is 0 Å². The number of fused-ring (bicyclic) bond motifs is 4. The molecule has 2 aromatic rings. The molecule has 2 aromatic carbocycles. The second kappa shape index (κ2) is 8.56. The molecule has 3 aliphatic heterocycles. The van der Waals surface area contributed by atoms with E-state index in [-0.39, 0.29) is 23.4 Å². The number of carbonyl (C=O) groups is 1. The van der Waals surface area contributed by atoms with Gasteiger partial charge in [0.1, 0.15) is 17.7 Å². The minimum atomic E-state index is -0.393. The highest BCUT2D eigenvalue weighted by atomic mass is 19.1. The van der Waals surface area contributed by atoms with Gasteiger partial charge in [0, 0.05) is 12.1 Å². The van der Waals surface area contributed by atoms with E-state index >= 15 is 4.39 Å². The number of aryl methyl sites for hydroxylation is 2. The number of halogens is 1. The molecule has 3 heterocycles. The third-order valence-corrected chi connectivity index (χ3v) is 8.06. The highest BCUT2D eigenvalue weighted by molar-refractivity contribution is 5.72. The lowest BCUT2D eigenvalue weighted by Gasteiger charge is -2.44. The van der Waals surface area contributed by atoms with Crippen molar-refractivity contribution in [2.75, 3.05) is 26.7 Å². The molecule has 6 heteroatoms. The van der Waals surface area contributed by atoms with Gasteiger partial charge in [-0.15, -0.1) is 0 Å². The Morgan fingerprint density at radius 3 is 2.38 bits per heavy atom. The molecule has 5 nitrogen and oxygen atoms in total. The second-order valence-corrected chi connectivity index (χ2v) is 11.0. The Hall–Kier alpha value is -2.60. The largest absolute Gasteiger partial charge is 0.496 e. The average molecular weight is 467 g/mol. The summed E-state index contributed by atoms with van der Waals surface area (Å²) >= 11 is 0. The van der Waals surface area contributed by atoms with Crippen LogP contribution < -0.4 is 10.1 Å². The van der Waals surface area contributed by atoms with E-state index < -0.39 is 6.09 Å². The summed E-state index contributed by atoms with van der Waals surface area (Å²) < 4.78 is 26.8. The number of rotatable bonds is 4. The number of piperidine rings is 3. The summed E-state index contributed by atoms with van der Waals surface area (Å²) in [7, 11) is 1.65. The van der Waals surface area contributed by atoms with Crippen LogP contribution in [0.2, 0.25) is 0 Å². The van der Waals surface area contributed by atoms with Gasteiger partial charge >= 0.3 is 6.09 Å². The van der Waals surface area contributed by atoms with E-state index in [0.717, 1.165) is 72.5 Å². The molecule has 3 saturated heterocycles. The highest BCUT2D eigenvalue weighted by Crippen LogP contribution is 2.47. The first-order chi connectivity index (χ1) is 16.2. The standard InChI is InChI=1S/C28H35FN2O3/c1-16-10-19(11-17(2)25(16)33-5)21-12-20-14-28(3,4)26(22(20)13-23(21)29)30-27(32)34-24-15-31-8-6-18(24)7-9-31/h10-13,18,24,26H,6-9,14-15H2,1-5H3,(H,30,32)/t24-,26+/m1/s1. The van der Waals surface area contributed by atoms with E-state index in [4.69, 9.17) is 9.47 Å². The van der Waals surface area contributed by atoms with Crippen LogP contribution in [0, 0.1) is 31.0 Å². The number of carbonyl (C=O) groups excluding carboxylic acids is 1. The fourth-order valence-corrected chi connectivity index (χ4v) is 6.32. The summed E-state index contributed by atoms with van der Waals surface area (Å²) in [5.74, 6) is 1.01. The van der Waals surface area contributed by atoms with Crippen molar-refractivity contribution in [3.05, 3.63) is 52.3 Å². The molecule has 0 spiro atoms. The van der Waals surface area contributed by atoms with Crippen LogP contribution in [0.3, 0.4) is 0 Å². The Morgan fingerprint density at radius 2 is 1.79 bits per heavy atom. The molecule has 3 fully saturated rings. The summed E-state index contributed by atoms with van der Waals surface area (Å²) in [6, 6.07) is 7.20. The third kappa shape index (κ3) is 4.06. The topological polar surface area (TPSA) is 50.8 Å². The summed E-state index contributed by atoms with van der Waals surface area (Å²) in [4.78, 5) is 15.3. The smallest absolute Gasteiger partial charge is 0.407 e. The number of nitrogens with one attached hydrogen (secondary N) is 1. The Labute approximate surface area is 201 Å². The Kier molecular flexibility index (Phi) is 5.83. The minimum absolute atomic E-state index is 0.0489. The Bertz CT molecular complexity index is 1100. The Morgan fingerprint density at radius 1 is 1.12 bits per heavy atom. The molecule has 2 bridgehead atoms. The van der Waals surface area contributed by atoms with Crippen molar-refractivity contribution in [2.45, 2.75) is 59.1 Å². The van der Waals surface area contributed by atoms with Crippen molar-refractivity contribution in [1.82, 2.24) is 10.2 Å². The quantitative estimate of drug-likeness (QED) is 0.641. The molecule has 0 unspecified atom stereocenters. The fraction of sp³-hybridized carbons (Fsp3) is 0.536. The molecule has 6 rings (SSSR count). The molecule has 0 radical (unpaired) electrons. The number of alkyl carbamates (subject to hydrolysis) is 1. The van der Waals surface area contributed by atoms with Crippen LogP contribution in [0.15, 0.2) is 24.3 Å². The van der Waals surface area contributed by atoms with Crippen LogP contribution in [-0.4, -0.2) is 43.8 Å². The molecule has 1 N–H and O–H groups in total. The molecule has 0 aromatic heterocycles. The van der Waals surface area contributed by atoms with Crippen LogP contribution >= 0.6 is 0 Å². The van der Waals surface area contributed by atoms with Gasteiger partial charge < -0.3 is 14.8 Å². The van der Waals surface area contributed by atoms with E-state index in [1.807, 2.05) is 32.0 Å². The zero-order valence-electron chi connectivity index (χ0n) is 20.8. The van der Waals surface area contributed by atoms with Gasteiger partial charge in [-0.2, -0.15) is 0 Å². The molecule has 4 aliphatic rings. The van der Waals surface area contributed by atoms with Crippen molar-refractivity contribution in [1.29, 1.82) is 0 Å². The maximum atomic E-state index is 15.4. The number of hydrogen-bond donors (Lipinski definition) is 1. The normalized spacial score (nSPS) is 26.8. The predicted molar refractivity (Wildman–Crippen MR) is 131 cm³/mol. The van der Waals surface area contributed by atoms with Crippen LogP contribution in [0.4, 0.5) is 9.18 Å². The van der Waals surface area contributed by atoms with E-state index in [1.54, 1.807) is 13.2 Å². The molecule has 182 valence electrons. The van der Waals surface area contributed by atoms with Crippen LogP contribution in [-0.2, 0) is 11.2 Å². The molecule has 0 saturated carbocycles. The first kappa shape index (κ1) is 23.2. The first-order valence-corrected chi connectivity index (χ1v) is 12.3. The summed E-state index contributed by atoms with van der Waals surface area (Å²) in [6.45, 7) is 11.2.